The van der Waals surface area contributed by atoms with Crippen molar-refractivity contribution in [3.8, 4) is 0 Å². The standard InChI is InChI=1S/C8H11N3O3.C7H10N2O2/c1-2-14-7(12)6-5(3-4-10-6)11-8(9)13;1-2-11-7(10)6-5(8)3-4-9-6/h3-4,10H,2H2,1H3,(H3,9,11,13);3-4,9H,2,8H2,1H3. The Balaban J connectivity index is 0.000000257. The molecular formula is C15H21N5O5. The molecule has 0 fully saturated rings. The van der Waals surface area contributed by atoms with Gasteiger partial charge in [0.05, 0.1) is 24.6 Å². The van der Waals surface area contributed by atoms with Crippen LogP contribution in [0.1, 0.15) is 34.8 Å². The summed E-state index contributed by atoms with van der Waals surface area (Å²) in [4.78, 5) is 38.1. The molecule has 25 heavy (non-hydrogen) atoms. The van der Waals surface area contributed by atoms with E-state index in [-0.39, 0.29) is 12.3 Å². The Labute approximate surface area is 143 Å². The number of aromatic nitrogens is 2. The smallest absolute Gasteiger partial charge is 0.356 e. The molecule has 136 valence electrons. The molecular weight excluding hydrogens is 330 g/mol. The van der Waals surface area contributed by atoms with E-state index >= 15 is 0 Å². The van der Waals surface area contributed by atoms with Crippen LogP contribution in [0.4, 0.5) is 16.2 Å². The van der Waals surface area contributed by atoms with E-state index in [1.807, 2.05) is 0 Å². The van der Waals surface area contributed by atoms with Gasteiger partial charge in [0.25, 0.3) is 0 Å². The van der Waals surface area contributed by atoms with Crippen molar-refractivity contribution >= 4 is 29.3 Å². The molecule has 0 bridgehead atoms. The van der Waals surface area contributed by atoms with Gasteiger partial charge >= 0.3 is 18.0 Å². The number of esters is 2. The SMILES string of the molecule is CCOC(=O)c1[nH]ccc1N.CCOC(=O)c1[nH]ccc1NC(N)=O. The number of aromatic amines is 2. The van der Waals surface area contributed by atoms with Gasteiger partial charge in [-0.15, -0.1) is 0 Å². The Morgan fingerprint density at radius 2 is 1.52 bits per heavy atom. The highest BCUT2D eigenvalue weighted by atomic mass is 16.5. The van der Waals surface area contributed by atoms with Crippen molar-refractivity contribution < 1.29 is 23.9 Å². The molecule has 2 amide bonds. The first-order chi connectivity index (χ1) is 11.9. The number of nitrogens with one attached hydrogen (secondary N) is 3. The fraction of sp³-hybridized carbons (Fsp3) is 0.267. The molecule has 7 N–H and O–H groups in total. The average molecular weight is 351 g/mol. The van der Waals surface area contributed by atoms with Crippen molar-refractivity contribution in [3.05, 3.63) is 35.9 Å². The van der Waals surface area contributed by atoms with Gasteiger partial charge in [-0.05, 0) is 26.0 Å². The van der Waals surface area contributed by atoms with Crippen LogP contribution < -0.4 is 16.8 Å². The minimum Gasteiger partial charge on any atom is -0.461 e. The molecule has 2 aromatic rings. The van der Waals surface area contributed by atoms with E-state index in [0.717, 1.165) is 0 Å². The van der Waals surface area contributed by atoms with Crippen LogP contribution >= 0.6 is 0 Å². The Kier molecular flexibility index (Phi) is 7.57. The lowest BCUT2D eigenvalue weighted by atomic mass is 10.3. The summed E-state index contributed by atoms with van der Waals surface area (Å²) in [6.45, 7) is 4.07. The van der Waals surface area contributed by atoms with Gasteiger partial charge in [0.15, 0.2) is 0 Å². The molecule has 0 aliphatic rings. The number of nitrogen functional groups attached to an aromatic ring is 1. The van der Waals surface area contributed by atoms with Crippen molar-refractivity contribution in [3.63, 3.8) is 0 Å². The second kappa shape index (κ2) is 9.65. The van der Waals surface area contributed by atoms with Gasteiger partial charge in [-0.1, -0.05) is 0 Å². The molecule has 0 unspecified atom stereocenters. The van der Waals surface area contributed by atoms with E-state index in [4.69, 9.17) is 20.9 Å². The highest BCUT2D eigenvalue weighted by Crippen LogP contribution is 2.14. The number of carbonyl (C=O) groups excluding carboxylic acids is 3. The second-order valence-electron chi connectivity index (χ2n) is 4.50. The first kappa shape index (κ1) is 19.6. The van der Waals surface area contributed by atoms with Crippen LogP contribution in [-0.4, -0.2) is 41.2 Å². The fourth-order valence-electron chi connectivity index (χ4n) is 1.74. The molecule has 2 aromatic heterocycles. The number of amides is 2. The predicted octanol–water partition coefficient (Wildman–Crippen LogP) is 1.46. The lowest BCUT2D eigenvalue weighted by Crippen LogP contribution is -2.20. The summed E-state index contributed by atoms with van der Waals surface area (Å²) < 4.78 is 9.46. The van der Waals surface area contributed by atoms with Crippen LogP contribution in [0.15, 0.2) is 24.5 Å². The molecule has 10 nitrogen and oxygen atoms in total. The molecule has 0 atom stereocenters. The summed E-state index contributed by atoms with van der Waals surface area (Å²) >= 11 is 0. The summed E-state index contributed by atoms with van der Waals surface area (Å²) in [5, 5.41) is 2.30. The highest BCUT2D eigenvalue weighted by Gasteiger charge is 2.14. The van der Waals surface area contributed by atoms with Crippen LogP contribution in [0.3, 0.4) is 0 Å². The lowest BCUT2D eigenvalue weighted by molar-refractivity contribution is 0.0512. The molecule has 0 spiro atoms. The number of hydrogen-bond acceptors (Lipinski definition) is 6. The number of H-pyrrole nitrogens is 2. The summed E-state index contributed by atoms with van der Waals surface area (Å²) in [7, 11) is 0. The van der Waals surface area contributed by atoms with Crippen molar-refractivity contribution in [2.45, 2.75) is 13.8 Å². The van der Waals surface area contributed by atoms with Crippen LogP contribution in [0.5, 0.6) is 0 Å². The number of urea groups is 1. The maximum absolute atomic E-state index is 11.3. The van der Waals surface area contributed by atoms with E-state index < -0.39 is 18.0 Å². The molecule has 2 rings (SSSR count). The molecule has 0 saturated heterocycles. The van der Waals surface area contributed by atoms with Gasteiger partial charge in [-0.25, -0.2) is 14.4 Å². The Bertz CT molecular complexity index is 721. The van der Waals surface area contributed by atoms with E-state index in [0.29, 0.717) is 23.7 Å². The van der Waals surface area contributed by atoms with Crippen molar-refractivity contribution in [1.82, 2.24) is 9.97 Å². The third kappa shape index (κ3) is 5.94. The van der Waals surface area contributed by atoms with Gasteiger partial charge in [0.1, 0.15) is 11.4 Å². The van der Waals surface area contributed by atoms with E-state index in [1.54, 1.807) is 26.1 Å². The zero-order valence-corrected chi connectivity index (χ0v) is 13.9. The largest absolute Gasteiger partial charge is 0.461 e. The Morgan fingerprint density at radius 1 is 1.00 bits per heavy atom. The fourth-order valence-corrected chi connectivity index (χ4v) is 1.74. The number of anilines is 2. The predicted molar refractivity (Wildman–Crippen MR) is 91.1 cm³/mol. The number of rotatable bonds is 5. The number of nitrogens with two attached hydrogens (primary N) is 2. The molecule has 10 heteroatoms. The van der Waals surface area contributed by atoms with Gasteiger partial charge in [-0.2, -0.15) is 0 Å². The molecule has 0 aliphatic heterocycles. The number of carbonyl (C=O) groups is 3. The summed E-state index contributed by atoms with van der Waals surface area (Å²) in [5.41, 5.74) is 11.6. The average Bonchev–Trinajstić information content (AvgIpc) is 3.16. The monoisotopic (exact) mass is 351 g/mol. The topological polar surface area (TPSA) is 165 Å². The van der Waals surface area contributed by atoms with Crippen LogP contribution in [0, 0.1) is 0 Å². The zero-order chi connectivity index (χ0) is 18.8. The molecule has 2 heterocycles. The van der Waals surface area contributed by atoms with Crippen molar-refractivity contribution in [1.29, 1.82) is 0 Å². The molecule has 0 radical (unpaired) electrons. The Hall–Kier alpha value is -3.43. The third-order valence-corrected chi connectivity index (χ3v) is 2.74. The zero-order valence-electron chi connectivity index (χ0n) is 13.9. The number of hydrogen-bond donors (Lipinski definition) is 5. The van der Waals surface area contributed by atoms with Crippen molar-refractivity contribution in [2.75, 3.05) is 24.3 Å². The van der Waals surface area contributed by atoms with Gasteiger partial charge in [0, 0.05) is 12.4 Å². The first-order valence-electron chi connectivity index (χ1n) is 7.41. The summed E-state index contributed by atoms with van der Waals surface area (Å²) in [6.07, 6.45) is 3.11. The number of ether oxygens (including phenoxy) is 2. The second-order valence-corrected chi connectivity index (χ2v) is 4.50. The van der Waals surface area contributed by atoms with Crippen LogP contribution in [0.25, 0.3) is 0 Å². The lowest BCUT2D eigenvalue weighted by Gasteiger charge is -2.03. The summed E-state index contributed by atoms with van der Waals surface area (Å²) in [6, 6.07) is 2.42. The third-order valence-electron chi connectivity index (χ3n) is 2.74. The maximum atomic E-state index is 11.3. The van der Waals surface area contributed by atoms with Crippen LogP contribution in [0.2, 0.25) is 0 Å². The quantitative estimate of drug-likeness (QED) is 0.511. The minimum absolute atomic E-state index is 0.186. The van der Waals surface area contributed by atoms with Gasteiger partial charge in [0.2, 0.25) is 0 Å². The number of primary amides is 1. The van der Waals surface area contributed by atoms with Crippen LogP contribution in [-0.2, 0) is 9.47 Å². The Morgan fingerprint density at radius 3 is 2.00 bits per heavy atom. The molecule has 0 saturated carbocycles. The summed E-state index contributed by atoms with van der Waals surface area (Å²) in [5.74, 6) is -0.934. The van der Waals surface area contributed by atoms with Gasteiger partial charge in [-0.3, -0.25) is 0 Å². The van der Waals surface area contributed by atoms with Crippen molar-refractivity contribution in [2.24, 2.45) is 5.73 Å². The normalized spacial score (nSPS) is 9.52. The van der Waals surface area contributed by atoms with Gasteiger partial charge < -0.3 is 36.2 Å². The first-order valence-corrected chi connectivity index (χ1v) is 7.41. The molecule has 0 aromatic carbocycles. The van der Waals surface area contributed by atoms with E-state index in [1.165, 1.54) is 12.3 Å². The molecule has 0 aliphatic carbocycles. The highest BCUT2D eigenvalue weighted by molar-refractivity contribution is 5.99. The van der Waals surface area contributed by atoms with E-state index in [2.05, 4.69) is 15.3 Å². The van der Waals surface area contributed by atoms with E-state index in [9.17, 15) is 14.4 Å². The minimum atomic E-state index is -0.727. The maximum Gasteiger partial charge on any atom is 0.356 e.